The molecule has 0 bridgehead atoms. The van der Waals surface area contributed by atoms with Crippen molar-refractivity contribution in [2.24, 2.45) is 5.41 Å². The average Bonchev–Trinajstić information content (AvgIpc) is 2.37. The van der Waals surface area contributed by atoms with Gasteiger partial charge in [0, 0.05) is 23.7 Å². The maximum absolute atomic E-state index is 6.29. The summed E-state index contributed by atoms with van der Waals surface area (Å²) >= 11 is 6.29. The van der Waals surface area contributed by atoms with E-state index in [4.69, 9.17) is 16.3 Å². The number of benzene rings is 1. The van der Waals surface area contributed by atoms with E-state index in [1.54, 1.807) is 0 Å². The molecule has 0 aliphatic rings. The Bertz CT molecular complexity index is 387. The van der Waals surface area contributed by atoms with Crippen LogP contribution in [-0.2, 0) is 4.74 Å². The highest BCUT2D eigenvalue weighted by molar-refractivity contribution is 6.31. The second-order valence-electron chi connectivity index (χ2n) is 6.40. The van der Waals surface area contributed by atoms with Crippen molar-refractivity contribution in [3.63, 3.8) is 0 Å². The van der Waals surface area contributed by atoms with Crippen molar-refractivity contribution in [1.29, 1.82) is 0 Å². The van der Waals surface area contributed by atoms with Crippen LogP contribution >= 0.6 is 11.6 Å². The molecular weight excluding hydrogens is 270 g/mol. The van der Waals surface area contributed by atoms with Crippen LogP contribution in [0.5, 0.6) is 0 Å². The van der Waals surface area contributed by atoms with Crippen molar-refractivity contribution in [1.82, 2.24) is 5.32 Å². The minimum absolute atomic E-state index is 0.0256. The molecule has 0 spiro atoms. The molecule has 0 aliphatic heterocycles. The molecule has 1 aromatic carbocycles. The van der Waals surface area contributed by atoms with Crippen molar-refractivity contribution < 1.29 is 4.74 Å². The van der Waals surface area contributed by atoms with Gasteiger partial charge < -0.3 is 10.1 Å². The topological polar surface area (TPSA) is 21.3 Å². The van der Waals surface area contributed by atoms with Crippen LogP contribution in [0, 0.1) is 5.41 Å². The molecule has 0 amide bonds. The summed E-state index contributed by atoms with van der Waals surface area (Å²) in [6.07, 6.45) is 2.19. The van der Waals surface area contributed by atoms with E-state index in [9.17, 15) is 0 Å². The van der Waals surface area contributed by atoms with Gasteiger partial charge in [-0.15, -0.1) is 0 Å². The van der Waals surface area contributed by atoms with E-state index in [1.165, 1.54) is 0 Å². The molecule has 1 aromatic rings. The van der Waals surface area contributed by atoms with E-state index >= 15 is 0 Å². The first-order chi connectivity index (χ1) is 9.44. The summed E-state index contributed by atoms with van der Waals surface area (Å²) in [4.78, 5) is 0. The van der Waals surface area contributed by atoms with Gasteiger partial charge in [-0.25, -0.2) is 0 Å². The van der Waals surface area contributed by atoms with Gasteiger partial charge in [-0.1, -0.05) is 57.5 Å². The molecule has 0 heterocycles. The largest absolute Gasteiger partial charge is 0.372 e. The zero-order chi connectivity index (χ0) is 15.0. The van der Waals surface area contributed by atoms with E-state index in [1.807, 2.05) is 18.2 Å². The monoisotopic (exact) mass is 297 g/mol. The summed E-state index contributed by atoms with van der Waals surface area (Å²) in [6.45, 7) is 11.4. The second-order valence-corrected chi connectivity index (χ2v) is 6.80. The van der Waals surface area contributed by atoms with Gasteiger partial charge in [0.2, 0.25) is 0 Å². The number of nitrogens with one attached hydrogen (secondary N) is 1. The third-order valence-corrected chi connectivity index (χ3v) is 3.52. The van der Waals surface area contributed by atoms with E-state index in [2.05, 4.69) is 39.1 Å². The van der Waals surface area contributed by atoms with Crippen LogP contribution in [-0.4, -0.2) is 19.7 Å². The lowest BCUT2D eigenvalue weighted by Crippen LogP contribution is -2.25. The third-order valence-electron chi connectivity index (χ3n) is 3.18. The SMILES string of the molecule is CCCNCC(OCCC(C)(C)C)c1ccccc1Cl. The Morgan fingerprint density at radius 1 is 1.25 bits per heavy atom. The fourth-order valence-corrected chi connectivity index (χ4v) is 2.17. The molecule has 1 unspecified atom stereocenters. The Hall–Kier alpha value is -0.570. The molecule has 20 heavy (non-hydrogen) atoms. The van der Waals surface area contributed by atoms with Gasteiger partial charge in [-0.3, -0.25) is 0 Å². The standard InChI is InChI=1S/C17H28ClNO/c1-5-11-19-13-16(20-12-10-17(2,3)4)14-8-6-7-9-15(14)18/h6-9,16,19H,5,10-13H2,1-4H3. The molecule has 3 heteroatoms. The third kappa shape index (κ3) is 6.74. The number of hydrogen-bond acceptors (Lipinski definition) is 2. The quantitative estimate of drug-likeness (QED) is 0.694. The van der Waals surface area contributed by atoms with Crippen molar-refractivity contribution in [3.8, 4) is 0 Å². The van der Waals surface area contributed by atoms with Gasteiger partial charge in [-0.05, 0) is 30.9 Å². The van der Waals surface area contributed by atoms with Crippen LogP contribution in [0.2, 0.25) is 5.02 Å². The minimum Gasteiger partial charge on any atom is -0.372 e. The van der Waals surface area contributed by atoms with E-state index < -0.39 is 0 Å². The molecule has 1 atom stereocenters. The van der Waals surface area contributed by atoms with Crippen molar-refractivity contribution in [2.75, 3.05) is 19.7 Å². The summed E-state index contributed by atoms with van der Waals surface area (Å²) in [7, 11) is 0. The molecule has 0 radical (unpaired) electrons. The summed E-state index contributed by atoms with van der Waals surface area (Å²) in [5.41, 5.74) is 1.37. The lowest BCUT2D eigenvalue weighted by molar-refractivity contribution is 0.0371. The highest BCUT2D eigenvalue weighted by Crippen LogP contribution is 2.26. The highest BCUT2D eigenvalue weighted by Gasteiger charge is 2.17. The van der Waals surface area contributed by atoms with Gasteiger partial charge in [0.1, 0.15) is 0 Å². The van der Waals surface area contributed by atoms with Crippen LogP contribution < -0.4 is 5.32 Å². The average molecular weight is 298 g/mol. The fourth-order valence-electron chi connectivity index (χ4n) is 1.91. The summed E-state index contributed by atoms with van der Waals surface area (Å²) in [5.74, 6) is 0. The summed E-state index contributed by atoms with van der Waals surface area (Å²) in [6, 6.07) is 7.95. The van der Waals surface area contributed by atoms with Crippen molar-refractivity contribution in [2.45, 2.75) is 46.6 Å². The zero-order valence-corrected chi connectivity index (χ0v) is 14.0. The summed E-state index contributed by atoms with van der Waals surface area (Å²) < 4.78 is 6.08. The first kappa shape index (κ1) is 17.5. The Kier molecular flexibility index (Phi) is 7.57. The molecule has 0 saturated heterocycles. The second kappa shape index (κ2) is 8.66. The maximum Gasteiger partial charge on any atom is 0.0963 e. The molecule has 114 valence electrons. The molecule has 0 aliphatic carbocycles. The minimum atomic E-state index is 0.0256. The van der Waals surface area contributed by atoms with Crippen LogP contribution in [0.4, 0.5) is 0 Å². The van der Waals surface area contributed by atoms with Gasteiger partial charge in [0.05, 0.1) is 6.10 Å². The smallest absolute Gasteiger partial charge is 0.0963 e. The Morgan fingerprint density at radius 2 is 1.95 bits per heavy atom. The van der Waals surface area contributed by atoms with Crippen molar-refractivity contribution >= 4 is 11.6 Å². The Balaban J connectivity index is 2.63. The maximum atomic E-state index is 6.29. The van der Waals surface area contributed by atoms with E-state index in [0.717, 1.165) is 43.1 Å². The first-order valence-corrected chi connectivity index (χ1v) is 7.88. The van der Waals surface area contributed by atoms with Gasteiger partial charge in [0.25, 0.3) is 0 Å². The first-order valence-electron chi connectivity index (χ1n) is 7.51. The number of ether oxygens (including phenoxy) is 1. The number of rotatable bonds is 8. The Morgan fingerprint density at radius 3 is 2.55 bits per heavy atom. The molecule has 1 N–H and O–H groups in total. The Labute approximate surface area is 128 Å². The normalized spacial score (nSPS) is 13.4. The molecular formula is C17H28ClNO. The van der Waals surface area contributed by atoms with Gasteiger partial charge in [-0.2, -0.15) is 0 Å². The number of halogens is 1. The van der Waals surface area contributed by atoms with Crippen LogP contribution in [0.3, 0.4) is 0 Å². The van der Waals surface area contributed by atoms with Crippen molar-refractivity contribution in [3.05, 3.63) is 34.9 Å². The molecule has 2 nitrogen and oxygen atoms in total. The van der Waals surface area contributed by atoms with Crippen LogP contribution in [0.1, 0.15) is 52.2 Å². The molecule has 0 saturated carbocycles. The van der Waals surface area contributed by atoms with Gasteiger partial charge in [0.15, 0.2) is 0 Å². The van der Waals surface area contributed by atoms with Gasteiger partial charge >= 0.3 is 0 Å². The fraction of sp³-hybridized carbons (Fsp3) is 0.647. The van der Waals surface area contributed by atoms with Crippen LogP contribution in [0.25, 0.3) is 0 Å². The number of hydrogen-bond donors (Lipinski definition) is 1. The highest BCUT2D eigenvalue weighted by atomic mass is 35.5. The molecule has 0 aromatic heterocycles. The van der Waals surface area contributed by atoms with Crippen LogP contribution in [0.15, 0.2) is 24.3 Å². The summed E-state index contributed by atoms with van der Waals surface area (Å²) in [5, 5.41) is 4.21. The lowest BCUT2D eigenvalue weighted by atomic mass is 9.93. The molecule has 1 rings (SSSR count). The predicted molar refractivity (Wildman–Crippen MR) is 87.4 cm³/mol. The molecule has 0 fully saturated rings. The predicted octanol–water partition coefficient (Wildman–Crippen LogP) is 4.83. The van der Waals surface area contributed by atoms with E-state index in [-0.39, 0.29) is 6.10 Å². The lowest BCUT2D eigenvalue weighted by Gasteiger charge is -2.23. The van der Waals surface area contributed by atoms with E-state index in [0.29, 0.717) is 5.41 Å². The zero-order valence-electron chi connectivity index (χ0n) is 13.2.